The first-order valence-corrected chi connectivity index (χ1v) is 6.46. The van der Waals surface area contributed by atoms with E-state index in [2.05, 4.69) is 12.0 Å². The van der Waals surface area contributed by atoms with Gasteiger partial charge in [-0.3, -0.25) is 4.68 Å². The van der Waals surface area contributed by atoms with Crippen LogP contribution in [0.25, 0.3) is 0 Å². The number of ether oxygens (including phenoxy) is 2. The van der Waals surface area contributed by atoms with Crippen molar-refractivity contribution in [1.29, 1.82) is 0 Å². The van der Waals surface area contributed by atoms with Gasteiger partial charge in [0.25, 0.3) is 0 Å². The molecule has 1 aromatic heterocycles. The van der Waals surface area contributed by atoms with Crippen molar-refractivity contribution in [2.75, 3.05) is 13.2 Å². The molecule has 0 bridgehead atoms. The molecule has 18 heavy (non-hydrogen) atoms. The fourth-order valence-electron chi connectivity index (χ4n) is 1.64. The molecule has 0 saturated carbocycles. The Balaban J connectivity index is 2.53. The first-order valence-electron chi connectivity index (χ1n) is 6.46. The van der Waals surface area contributed by atoms with E-state index in [1.54, 1.807) is 18.7 Å². The van der Waals surface area contributed by atoms with E-state index in [0.717, 1.165) is 18.5 Å². The third-order valence-corrected chi connectivity index (χ3v) is 2.69. The molecule has 0 aliphatic carbocycles. The molecule has 0 unspecified atom stereocenters. The predicted molar refractivity (Wildman–Crippen MR) is 68.3 cm³/mol. The van der Waals surface area contributed by atoms with Crippen LogP contribution in [0.1, 0.15) is 49.2 Å². The van der Waals surface area contributed by atoms with Crippen molar-refractivity contribution in [1.82, 2.24) is 9.78 Å². The summed E-state index contributed by atoms with van der Waals surface area (Å²) in [5.41, 5.74) is 1.26. The van der Waals surface area contributed by atoms with Gasteiger partial charge in [0.1, 0.15) is 5.56 Å². The van der Waals surface area contributed by atoms with Crippen LogP contribution in [0, 0.1) is 0 Å². The molecule has 5 heteroatoms. The maximum absolute atomic E-state index is 11.7. The molecule has 0 N–H and O–H groups in total. The lowest BCUT2D eigenvalue weighted by atomic mass is 10.2. The van der Waals surface area contributed by atoms with Gasteiger partial charge < -0.3 is 9.47 Å². The van der Waals surface area contributed by atoms with Crippen molar-refractivity contribution in [3.05, 3.63) is 17.5 Å². The van der Waals surface area contributed by atoms with Gasteiger partial charge in [-0.1, -0.05) is 19.8 Å². The number of unbranched alkanes of at least 4 members (excludes halogenated alkanes) is 2. The van der Waals surface area contributed by atoms with Crippen LogP contribution in [0.3, 0.4) is 0 Å². The van der Waals surface area contributed by atoms with E-state index in [1.165, 1.54) is 12.6 Å². The maximum Gasteiger partial charge on any atom is 0.341 e. The highest BCUT2D eigenvalue weighted by Gasteiger charge is 2.16. The summed E-state index contributed by atoms with van der Waals surface area (Å²) in [6, 6.07) is 0. The van der Waals surface area contributed by atoms with Crippen LogP contribution in [-0.4, -0.2) is 29.0 Å². The molecule has 0 aliphatic heterocycles. The van der Waals surface area contributed by atoms with E-state index >= 15 is 0 Å². The first kappa shape index (κ1) is 14.7. The molecular formula is C13H22N2O3. The fraction of sp³-hybridized carbons (Fsp3) is 0.692. The summed E-state index contributed by atoms with van der Waals surface area (Å²) in [6.07, 6.45) is 4.91. The minimum atomic E-state index is -0.335. The van der Waals surface area contributed by atoms with Crippen LogP contribution >= 0.6 is 0 Å². The second-order valence-corrected chi connectivity index (χ2v) is 4.11. The normalized spacial score (nSPS) is 10.6. The van der Waals surface area contributed by atoms with Crippen LogP contribution < -0.4 is 0 Å². The minimum absolute atomic E-state index is 0.335. The zero-order chi connectivity index (χ0) is 13.4. The number of hydrogen-bond acceptors (Lipinski definition) is 4. The summed E-state index contributed by atoms with van der Waals surface area (Å²) in [4.78, 5) is 11.7. The molecule has 102 valence electrons. The lowest BCUT2D eigenvalue weighted by Crippen LogP contribution is -2.10. The summed E-state index contributed by atoms with van der Waals surface area (Å²) >= 11 is 0. The molecule has 0 radical (unpaired) electrons. The summed E-state index contributed by atoms with van der Waals surface area (Å²) in [7, 11) is 1.80. The number of hydrogen-bond donors (Lipinski definition) is 0. The van der Waals surface area contributed by atoms with Gasteiger partial charge in [0.2, 0.25) is 0 Å². The molecule has 0 atom stereocenters. The molecule has 0 aromatic carbocycles. The Bertz CT molecular complexity index is 374. The predicted octanol–water partition coefficient (Wildman–Crippen LogP) is 2.30. The molecule has 0 amide bonds. The molecule has 0 aliphatic rings. The quantitative estimate of drug-likeness (QED) is 0.527. The van der Waals surface area contributed by atoms with Crippen molar-refractivity contribution in [3.8, 4) is 0 Å². The van der Waals surface area contributed by atoms with Crippen LogP contribution in [0.5, 0.6) is 0 Å². The van der Waals surface area contributed by atoms with E-state index in [1.807, 2.05) is 0 Å². The summed E-state index contributed by atoms with van der Waals surface area (Å²) in [6.45, 7) is 5.41. The van der Waals surface area contributed by atoms with Crippen molar-refractivity contribution in [3.63, 3.8) is 0 Å². The molecule has 5 nitrogen and oxygen atoms in total. The van der Waals surface area contributed by atoms with Gasteiger partial charge in [0.05, 0.1) is 25.1 Å². The van der Waals surface area contributed by atoms with Crippen LogP contribution in [0.4, 0.5) is 0 Å². The zero-order valence-electron chi connectivity index (χ0n) is 11.4. The Morgan fingerprint density at radius 1 is 1.39 bits per heavy atom. The molecule has 1 heterocycles. The van der Waals surface area contributed by atoms with Gasteiger partial charge in [-0.05, 0) is 13.3 Å². The Kier molecular flexibility index (Phi) is 6.43. The van der Waals surface area contributed by atoms with Crippen molar-refractivity contribution >= 4 is 5.97 Å². The summed E-state index contributed by atoms with van der Waals surface area (Å²) < 4.78 is 12.2. The number of rotatable bonds is 8. The average molecular weight is 254 g/mol. The Morgan fingerprint density at radius 3 is 2.83 bits per heavy atom. The van der Waals surface area contributed by atoms with Crippen LogP contribution in [-0.2, 0) is 23.1 Å². The van der Waals surface area contributed by atoms with Crippen LogP contribution in [0.2, 0.25) is 0 Å². The third-order valence-electron chi connectivity index (χ3n) is 2.69. The van der Waals surface area contributed by atoms with E-state index in [-0.39, 0.29) is 5.97 Å². The SMILES string of the molecule is CCCCCOCc1c(C(=O)OCC)cnn1C. The Hall–Kier alpha value is -1.36. The monoisotopic (exact) mass is 254 g/mol. The number of nitrogens with zero attached hydrogens (tertiary/aromatic N) is 2. The van der Waals surface area contributed by atoms with Gasteiger partial charge in [0, 0.05) is 13.7 Å². The average Bonchev–Trinajstić information content (AvgIpc) is 2.71. The lowest BCUT2D eigenvalue weighted by Gasteiger charge is -2.07. The van der Waals surface area contributed by atoms with Crippen molar-refractivity contribution in [2.24, 2.45) is 7.05 Å². The van der Waals surface area contributed by atoms with Gasteiger partial charge in [-0.25, -0.2) is 4.79 Å². The van der Waals surface area contributed by atoms with Gasteiger partial charge >= 0.3 is 5.97 Å². The maximum atomic E-state index is 11.7. The van der Waals surface area contributed by atoms with Crippen molar-refractivity contribution < 1.29 is 14.3 Å². The van der Waals surface area contributed by atoms with Gasteiger partial charge in [-0.15, -0.1) is 0 Å². The number of carbonyl (C=O) groups is 1. The number of aryl methyl sites for hydroxylation is 1. The standard InChI is InChI=1S/C13H22N2O3/c1-4-6-7-8-17-10-12-11(9-14-15(12)3)13(16)18-5-2/h9H,4-8,10H2,1-3H3. The zero-order valence-corrected chi connectivity index (χ0v) is 11.4. The Morgan fingerprint density at radius 2 is 2.17 bits per heavy atom. The molecule has 0 fully saturated rings. The molecule has 1 aromatic rings. The Labute approximate surface area is 108 Å². The topological polar surface area (TPSA) is 53.4 Å². The van der Waals surface area contributed by atoms with E-state index in [0.29, 0.717) is 25.4 Å². The highest BCUT2D eigenvalue weighted by molar-refractivity contribution is 5.90. The molecule has 1 rings (SSSR count). The largest absolute Gasteiger partial charge is 0.462 e. The second-order valence-electron chi connectivity index (χ2n) is 4.11. The van der Waals surface area contributed by atoms with Gasteiger partial charge in [-0.2, -0.15) is 5.10 Å². The summed E-state index contributed by atoms with van der Waals surface area (Å²) in [5, 5.41) is 4.07. The van der Waals surface area contributed by atoms with Crippen molar-refractivity contribution in [2.45, 2.75) is 39.7 Å². The van der Waals surface area contributed by atoms with Gasteiger partial charge in [0.15, 0.2) is 0 Å². The van der Waals surface area contributed by atoms with E-state index in [4.69, 9.17) is 9.47 Å². The van der Waals surface area contributed by atoms with E-state index < -0.39 is 0 Å². The first-order chi connectivity index (χ1) is 8.70. The lowest BCUT2D eigenvalue weighted by molar-refractivity contribution is 0.0517. The smallest absolute Gasteiger partial charge is 0.341 e. The number of carbonyl (C=O) groups excluding carboxylic acids is 1. The van der Waals surface area contributed by atoms with Crippen LogP contribution in [0.15, 0.2) is 6.20 Å². The fourth-order valence-corrected chi connectivity index (χ4v) is 1.64. The molecular weight excluding hydrogens is 232 g/mol. The highest BCUT2D eigenvalue weighted by atomic mass is 16.5. The number of aromatic nitrogens is 2. The summed E-state index contributed by atoms with van der Waals surface area (Å²) in [5.74, 6) is -0.335. The highest BCUT2D eigenvalue weighted by Crippen LogP contribution is 2.11. The number of esters is 1. The minimum Gasteiger partial charge on any atom is -0.462 e. The molecule has 0 saturated heterocycles. The second kappa shape index (κ2) is 7.87. The third kappa shape index (κ3) is 4.14. The molecule has 0 spiro atoms. The van der Waals surface area contributed by atoms with E-state index in [9.17, 15) is 4.79 Å².